The quantitative estimate of drug-likeness (QED) is 0.476. The molecule has 0 saturated carbocycles. The number of aliphatic imine (C=N–C) groups is 1. The van der Waals surface area contributed by atoms with Crippen LogP contribution in [-0.4, -0.2) is 21.4 Å². The topological polar surface area (TPSA) is 111 Å². The van der Waals surface area contributed by atoms with E-state index < -0.39 is 10.0 Å². The Hall–Kier alpha value is -1.60. The van der Waals surface area contributed by atoms with Gasteiger partial charge >= 0.3 is 0 Å². The lowest BCUT2D eigenvalue weighted by atomic mass is 10.3. The van der Waals surface area contributed by atoms with Crippen molar-refractivity contribution in [3.63, 3.8) is 0 Å². The Morgan fingerprint density at radius 1 is 1.33 bits per heavy atom. The molecule has 1 aromatic carbocycles. The Labute approximate surface area is 88.0 Å². The lowest BCUT2D eigenvalue weighted by Crippen LogP contribution is -2.22. The molecule has 0 saturated heterocycles. The Kier molecular flexibility index (Phi) is 3.28. The van der Waals surface area contributed by atoms with E-state index in [-0.39, 0.29) is 10.9 Å². The van der Waals surface area contributed by atoms with Crippen molar-refractivity contribution < 1.29 is 8.42 Å². The molecule has 6 nitrogen and oxygen atoms in total. The molecule has 0 radical (unpaired) electrons. The van der Waals surface area contributed by atoms with Gasteiger partial charge in [-0.05, 0) is 24.3 Å². The smallest absolute Gasteiger partial charge is 0.238 e. The molecule has 0 aliphatic carbocycles. The SMILES string of the molecule is CN=C(N)Nc1ccc(S(N)(=O)=O)cc1. The number of primary sulfonamides is 1. The van der Waals surface area contributed by atoms with E-state index in [1.165, 1.54) is 12.1 Å². The summed E-state index contributed by atoms with van der Waals surface area (Å²) in [7, 11) is -2.10. The summed E-state index contributed by atoms with van der Waals surface area (Å²) in [6.07, 6.45) is 0. The maximum atomic E-state index is 10.9. The van der Waals surface area contributed by atoms with Crippen LogP contribution in [0.2, 0.25) is 0 Å². The molecule has 15 heavy (non-hydrogen) atoms. The first kappa shape index (κ1) is 11.5. The molecule has 1 rings (SSSR count). The van der Waals surface area contributed by atoms with Crippen molar-refractivity contribution in [1.29, 1.82) is 0 Å². The molecule has 0 amide bonds. The van der Waals surface area contributed by atoms with Gasteiger partial charge in [-0.1, -0.05) is 0 Å². The largest absolute Gasteiger partial charge is 0.370 e. The van der Waals surface area contributed by atoms with Crippen LogP contribution in [0.3, 0.4) is 0 Å². The number of hydrogen-bond acceptors (Lipinski definition) is 3. The minimum Gasteiger partial charge on any atom is -0.370 e. The van der Waals surface area contributed by atoms with Gasteiger partial charge in [-0.25, -0.2) is 13.6 Å². The van der Waals surface area contributed by atoms with Gasteiger partial charge in [0.25, 0.3) is 0 Å². The van der Waals surface area contributed by atoms with Gasteiger partial charge in [0, 0.05) is 12.7 Å². The van der Waals surface area contributed by atoms with Gasteiger partial charge in [-0.2, -0.15) is 0 Å². The van der Waals surface area contributed by atoms with Crippen molar-refractivity contribution in [1.82, 2.24) is 0 Å². The van der Waals surface area contributed by atoms with E-state index in [1.54, 1.807) is 19.2 Å². The highest BCUT2D eigenvalue weighted by Crippen LogP contribution is 2.12. The Morgan fingerprint density at radius 2 is 1.87 bits per heavy atom. The number of nitrogens with one attached hydrogen (secondary N) is 1. The molecule has 82 valence electrons. The summed E-state index contributed by atoms with van der Waals surface area (Å²) in [5.41, 5.74) is 6.07. The van der Waals surface area contributed by atoms with Gasteiger partial charge in [0.2, 0.25) is 10.0 Å². The minimum absolute atomic E-state index is 0.0556. The summed E-state index contributed by atoms with van der Waals surface area (Å²) in [6.45, 7) is 0. The van der Waals surface area contributed by atoms with E-state index in [1.807, 2.05) is 0 Å². The van der Waals surface area contributed by atoms with Crippen LogP contribution in [0.5, 0.6) is 0 Å². The summed E-state index contributed by atoms with van der Waals surface area (Å²) in [4.78, 5) is 3.75. The molecule has 0 aliphatic heterocycles. The second-order valence-corrected chi connectivity index (χ2v) is 4.36. The summed E-state index contributed by atoms with van der Waals surface area (Å²) in [5.74, 6) is 0.248. The molecule has 1 aromatic rings. The molecule has 5 N–H and O–H groups in total. The van der Waals surface area contributed by atoms with Gasteiger partial charge in [0.15, 0.2) is 5.96 Å². The molecule has 0 bridgehead atoms. The highest BCUT2D eigenvalue weighted by atomic mass is 32.2. The van der Waals surface area contributed by atoms with Crippen LogP contribution in [0.4, 0.5) is 5.69 Å². The van der Waals surface area contributed by atoms with Gasteiger partial charge < -0.3 is 11.1 Å². The number of sulfonamides is 1. The van der Waals surface area contributed by atoms with E-state index in [4.69, 9.17) is 10.9 Å². The van der Waals surface area contributed by atoms with Crippen LogP contribution < -0.4 is 16.2 Å². The molecule has 0 atom stereocenters. The average molecular weight is 228 g/mol. The molecule has 7 heteroatoms. The van der Waals surface area contributed by atoms with E-state index in [0.29, 0.717) is 5.69 Å². The lowest BCUT2D eigenvalue weighted by Gasteiger charge is -2.04. The fraction of sp³-hybridized carbons (Fsp3) is 0.125. The van der Waals surface area contributed by atoms with Crippen molar-refractivity contribution in [3.8, 4) is 0 Å². The highest BCUT2D eigenvalue weighted by molar-refractivity contribution is 7.89. The van der Waals surface area contributed by atoms with Gasteiger partial charge in [-0.3, -0.25) is 4.99 Å². The Bertz CT molecular complexity index is 464. The molecular formula is C8H12N4O2S. The molecule has 0 aliphatic rings. The monoisotopic (exact) mass is 228 g/mol. The zero-order chi connectivity index (χ0) is 11.5. The van der Waals surface area contributed by atoms with E-state index in [2.05, 4.69) is 10.3 Å². The number of nitrogens with zero attached hydrogens (tertiary/aromatic N) is 1. The van der Waals surface area contributed by atoms with Gasteiger partial charge in [0.05, 0.1) is 4.90 Å². The number of guanidine groups is 1. The first-order valence-corrected chi connectivity index (χ1v) is 5.60. The third-order valence-corrected chi connectivity index (χ3v) is 2.63. The number of nitrogens with two attached hydrogens (primary N) is 2. The minimum atomic E-state index is -3.64. The highest BCUT2D eigenvalue weighted by Gasteiger charge is 2.06. The van der Waals surface area contributed by atoms with Crippen LogP contribution in [-0.2, 0) is 10.0 Å². The first-order valence-electron chi connectivity index (χ1n) is 4.05. The molecule has 0 unspecified atom stereocenters. The van der Waals surface area contributed by atoms with Crippen LogP contribution in [0, 0.1) is 0 Å². The summed E-state index contributed by atoms with van der Waals surface area (Å²) in [5, 5.41) is 7.70. The summed E-state index contributed by atoms with van der Waals surface area (Å²) < 4.78 is 21.9. The fourth-order valence-electron chi connectivity index (χ4n) is 0.932. The third-order valence-electron chi connectivity index (χ3n) is 1.70. The zero-order valence-corrected chi connectivity index (χ0v) is 8.95. The lowest BCUT2D eigenvalue weighted by molar-refractivity contribution is 0.598. The summed E-state index contributed by atoms with van der Waals surface area (Å²) in [6, 6.07) is 5.89. The average Bonchev–Trinajstić information content (AvgIpc) is 2.17. The van der Waals surface area contributed by atoms with E-state index in [9.17, 15) is 8.42 Å². The molecule has 0 heterocycles. The van der Waals surface area contributed by atoms with Crippen molar-refractivity contribution in [2.24, 2.45) is 15.9 Å². The first-order chi connectivity index (χ1) is 6.93. The Balaban J connectivity index is 2.91. The van der Waals surface area contributed by atoms with E-state index in [0.717, 1.165) is 0 Å². The van der Waals surface area contributed by atoms with Crippen molar-refractivity contribution in [2.75, 3.05) is 12.4 Å². The van der Waals surface area contributed by atoms with E-state index >= 15 is 0 Å². The standard InChI is InChI=1S/C8H12N4O2S/c1-11-8(9)12-6-2-4-7(5-3-6)15(10,13)14/h2-5H,1H3,(H3,9,11,12)(H2,10,13,14). The molecule has 0 spiro atoms. The zero-order valence-electron chi connectivity index (χ0n) is 8.14. The number of rotatable bonds is 2. The fourth-order valence-corrected chi connectivity index (χ4v) is 1.45. The second kappa shape index (κ2) is 4.28. The molecule has 0 aromatic heterocycles. The van der Waals surface area contributed by atoms with Crippen LogP contribution in [0.25, 0.3) is 0 Å². The van der Waals surface area contributed by atoms with Crippen molar-refractivity contribution in [2.45, 2.75) is 4.90 Å². The maximum Gasteiger partial charge on any atom is 0.238 e. The van der Waals surface area contributed by atoms with Gasteiger partial charge in [-0.15, -0.1) is 0 Å². The van der Waals surface area contributed by atoms with Gasteiger partial charge in [0.1, 0.15) is 0 Å². The Morgan fingerprint density at radius 3 is 2.27 bits per heavy atom. The molecule has 0 fully saturated rings. The van der Waals surface area contributed by atoms with Crippen LogP contribution in [0.15, 0.2) is 34.2 Å². The molecular weight excluding hydrogens is 216 g/mol. The summed E-state index contributed by atoms with van der Waals surface area (Å²) >= 11 is 0. The van der Waals surface area contributed by atoms with Crippen LogP contribution >= 0.6 is 0 Å². The number of anilines is 1. The maximum absolute atomic E-state index is 10.9. The van der Waals surface area contributed by atoms with Crippen molar-refractivity contribution in [3.05, 3.63) is 24.3 Å². The number of benzene rings is 1. The van der Waals surface area contributed by atoms with Crippen molar-refractivity contribution >= 4 is 21.7 Å². The number of hydrogen-bond donors (Lipinski definition) is 3. The third kappa shape index (κ3) is 3.22. The normalized spacial score (nSPS) is 12.5. The second-order valence-electron chi connectivity index (χ2n) is 2.80. The predicted octanol–water partition coefficient (Wildman–Crippen LogP) is -0.310. The van der Waals surface area contributed by atoms with Crippen LogP contribution in [0.1, 0.15) is 0 Å². The predicted molar refractivity (Wildman–Crippen MR) is 59.0 cm³/mol.